The van der Waals surface area contributed by atoms with Gasteiger partial charge in [-0.3, -0.25) is 9.69 Å². The van der Waals surface area contributed by atoms with E-state index in [1.54, 1.807) is 0 Å². The Morgan fingerprint density at radius 3 is 2.30 bits per heavy atom. The summed E-state index contributed by atoms with van der Waals surface area (Å²) in [5, 5.41) is 2.21. The number of aryl methyl sites for hydroxylation is 2. The molecule has 2 amide bonds. The van der Waals surface area contributed by atoms with Gasteiger partial charge in [-0.25, -0.2) is 8.42 Å². The minimum absolute atomic E-state index is 0. The molecule has 27 heavy (non-hydrogen) atoms. The van der Waals surface area contributed by atoms with Gasteiger partial charge in [-0.2, -0.15) is 0 Å². The summed E-state index contributed by atoms with van der Waals surface area (Å²) in [6.45, 7) is 1.44. The molecule has 0 aromatic heterocycles. The number of anilines is 1. The number of fused-ring (bicyclic) bond motifs is 2. The Bertz CT molecular complexity index is 808. The van der Waals surface area contributed by atoms with E-state index < -0.39 is 21.3 Å². The van der Waals surface area contributed by atoms with E-state index in [9.17, 15) is 13.2 Å². The van der Waals surface area contributed by atoms with Crippen molar-refractivity contribution in [3.8, 4) is 0 Å². The van der Waals surface area contributed by atoms with E-state index in [0.717, 1.165) is 44.2 Å². The molecule has 4 rings (SSSR count). The molecule has 9 heteroatoms. The van der Waals surface area contributed by atoms with Crippen LogP contribution in [0.25, 0.3) is 4.72 Å². The number of carbonyl (C=O) groups is 1. The summed E-state index contributed by atoms with van der Waals surface area (Å²) < 4.78 is 28.2. The van der Waals surface area contributed by atoms with Gasteiger partial charge in [-0.1, -0.05) is 6.07 Å². The van der Waals surface area contributed by atoms with Crippen molar-refractivity contribution in [1.29, 1.82) is 0 Å². The van der Waals surface area contributed by atoms with Gasteiger partial charge in [0.05, 0.1) is 5.25 Å². The second-order valence-corrected chi connectivity index (χ2v) is 9.60. The molecule has 0 unspecified atom stereocenters. The van der Waals surface area contributed by atoms with Crippen molar-refractivity contribution in [3.05, 3.63) is 33.0 Å². The second-order valence-electron chi connectivity index (χ2n) is 7.34. The van der Waals surface area contributed by atoms with Gasteiger partial charge in [-0.15, -0.1) is 11.6 Å². The molecule has 1 fully saturated rings. The zero-order chi connectivity index (χ0) is 18.3. The number of rotatable bonds is 5. The molecule has 6 nitrogen and oxygen atoms in total. The standard InChI is InChI=1S/C18H24ClN3O3S.K/c19-7-8-22-10-14(11-22)26(24,25)21-18(23)20-17-15-5-1-3-12(15)9-13-4-2-6-16(13)17;/h9,14H,1-8,10-11H2,(H2,20,21,23);/q;+1/p-1. The van der Waals surface area contributed by atoms with Crippen LogP contribution in [-0.2, 0) is 35.7 Å². The minimum atomic E-state index is -3.79. The van der Waals surface area contributed by atoms with Gasteiger partial charge in [0.15, 0.2) is 16.1 Å². The molecule has 0 spiro atoms. The predicted octanol–water partition coefficient (Wildman–Crippen LogP) is -0.174. The summed E-state index contributed by atoms with van der Waals surface area (Å²) in [6.07, 6.45) is 6.07. The van der Waals surface area contributed by atoms with Gasteiger partial charge in [-0.05, 0) is 66.5 Å². The van der Waals surface area contributed by atoms with Crippen molar-refractivity contribution in [3.63, 3.8) is 0 Å². The Morgan fingerprint density at radius 2 is 1.74 bits per heavy atom. The fourth-order valence-electron chi connectivity index (χ4n) is 4.30. The van der Waals surface area contributed by atoms with Gasteiger partial charge >= 0.3 is 51.4 Å². The fourth-order valence-corrected chi connectivity index (χ4v) is 5.76. The maximum absolute atomic E-state index is 12.4. The van der Waals surface area contributed by atoms with E-state index in [-0.39, 0.29) is 51.4 Å². The van der Waals surface area contributed by atoms with E-state index in [1.165, 1.54) is 22.3 Å². The first kappa shape index (κ1) is 22.0. The fraction of sp³-hybridized carbons (Fsp3) is 0.611. The molecule has 0 atom stereocenters. The number of alkyl halides is 1. The number of benzene rings is 1. The van der Waals surface area contributed by atoms with Crippen molar-refractivity contribution in [2.45, 2.75) is 43.8 Å². The first-order valence-corrected chi connectivity index (χ1v) is 11.2. The van der Waals surface area contributed by atoms with Crippen molar-refractivity contribution < 1.29 is 64.6 Å². The van der Waals surface area contributed by atoms with Crippen molar-refractivity contribution >= 4 is 33.3 Å². The third kappa shape index (κ3) is 4.58. The number of halogens is 1. The van der Waals surface area contributed by atoms with Crippen LogP contribution < -0.4 is 56.7 Å². The zero-order valence-corrected chi connectivity index (χ0v) is 20.3. The normalized spacial score (nSPS) is 19.0. The Kier molecular flexibility index (Phi) is 7.34. The van der Waals surface area contributed by atoms with E-state index in [2.05, 4.69) is 16.1 Å². The van der Waals surface area contributed by atoms with Crippen LogP contribution in [0.2, 0.25) is 0 Å². The molecule has 3 aliphatic rings. The van der Waals surface area contributed by atoms with Crippen molar-refractivity contribution in [1.82, 2.24) is 4.90 Å². The largest absolute Gasteiger partial charge is 1.00 e. The average molecular weight is 436 g/mol. The van der Waals surface area contributed by atoms with E-state index in [1.807, 2.05) is 4.90 Å². The van der Waals surface area contributed by atoms with Crippen LogP contribution in [-0.4, -0.2) is 50.1 Å². The third-order valence-corrected chi connectivity index (χ3v) is 7.39. The van der Waals surface area contributed by atoms with Gasteiger partial charge in [0, 0.05) is 25.5 Å². The molecule has 0 radical (unpaired) electrons. The van der Waals surface area contributed by atoms with Crippen molar-refractivity contribution in [2.75, 3.05) is 30.8 Å². The number of amides is 2. The molecule has 0 bridgehead atoms. The quantitative estimate of drug-likeness (QED) is 0.514. The molecule has 1 aliphatic heterocycles. The molecule has 1 aromatic rings. The van der Waals surface area contributed by atoms with Crippen LogP contribution in [0.5, 0.6) is 0 Å². The predicted molar refractivity (Wildman–Crippen MR) is 103 cm³/mol. The SMILES string of the molecule is O=C([N-]S(=O)(=O)C1CN(CCCl)C1)Nc1c2c(cc3c1CCC3)CCC2.[K+]. The Labute approximate surface area is 208 Å². The first-order valence-electron chi connectivity index (χ1n) is 9.20. The van der Waals surface area contributed by atoms with Crippen molar-refractivity contribution in [2.24, 2.45) is 0 Å². The Hall–Kier alpha value is 0.326. The van der Waals surface area contributed by atoms with Gasteiger partial charge in [0.1, 0.15) is 0 Å². The third-order valence-electron chi connectivity index (χ3n) is 5.66. The summed E-state index contributed by atoms with van der Waals surface area (Å²) >= 11 is 5.66. The second kappa shape index (κ2) is 9.00. The smallest absolute Gasteiger partial charge is 0.423 e. The van der Waals surface area contributed by atoms with Crippen LogP contribution in [0.15, 0.2) is 6.07 Å². The molecule has 2 aliphatic carbocycles. The molecule has 1 saturated heterocycles. The summed E-state index contributed by atoms with van der Waals surface area (Å²) in [4.78, 5) is 14.3. The van der Waals surface area contributed by atoms with Crippen LogP contribution in [0.4, 0.5) is 10.5 Å². The number of nitrogens with zero attached hydrogens (tertiary/aromatic N) is 2. The monoisotopic (exact) mass is 435 g/mol. The van der Waals surface area contributed by atoms with Crippen LogP contribution >= 0.6 is 11.6 Å². The molecular weight excluding hydrogens is 413 g/mol. The molecule has 1 aromatic carbocycles. The first-order chi connectivity index (χ1) is 12.5. The number of hydrogen-bond acceptors (Lipinski definition) is 4. The molecule has 1 N–H and O–H groups in total. The number of likely N-dealkylation sites (tertiary alicyclic amines) is 1. The van der Waals surface area contributed by atoms with E-state index in [4.69, 9.17) is 11.6 Å². The average Bonchev–Trinajstić information content (AvgIpc) is 3.18. The van der Waals surface area contributed by atoms with Gasteiger partial charge in [0.25, 0.3) is 0 Å². The summed E-state index contributed by atoms with van der Waals surface area (Å²) in [5.41, 5.74) is 5.75. The Balaban J connectivity index is 0.00000210. The van der Waals surface area contributed by atoms with Crippen LogP contribution in [0.1, 0.15) is 35.1 Å². The molecule has 1 heterocycles. The van der Waals surface area contributed by atoms with E-state index >= 15 is 0 Å². The minimum Gasteiger partial charge on any atom is -0.423 e. The maximum Gasteiger partial charge on any atom is 1.00 e. The van der Waals surface area contributed by atoms with Gasteiger partial charge in [0.2, 0.25) is 0 Å². The number of hydrogen-bond donors (Lipinski definition) is 1. The number of carbonyl (C=O) groups excluding carboxylic acids is 1. The number of urea groups is 1. The summed E-state index contributed by atoms with van der Waals surface area (Å²) in [7, 11) is -3.79. The number of sulfonamides is 1. The Morgan fingerprint density at radius 1 is 1.15 bits per heavy atom. The maximum atomic E-state index is 12.4. The van der Waals surface area contributed by atoms with Crippen LogP contribution in [0.3, 0.4) is 0 Å². The van der Waals surface area contributed by atoms with Gasteiger partial charge < -0.3 is 10.0 Å². The zero-order valence-electron chi connectivity index (χ0n) is 15.6. The van der Waals surface area contributed by atoms with Crippen LogP contribution in [0, 0.1) is 0 Å². The van der Waals surface area contributed by atoms with E-state index in [0.29, 0.717) is 25.5 Å². The topological polar surface area (TPSA) is 80.6 Å². The summed E-state index contributed by atoms with van der Waals surface area (Å²) in [6, 6.07) is 1.50. The molecule has 0 saturated carbocycles. The molecule has 142 valence electrons. The summed E-state index contributed by atoms with van der Waals surface area (Å²) in [5.74, 6) is 0.467. The molecular formula is C18H23ClKN3O3S. The number of nitrogens with one attached hydrogen (secondary N) is 1.